The summed E-state index contributed by atoms with van der Waals surface area (Å²) in [5.74, 6) is -3.02. The predicted octanol–water partition coefficient (Wildman–Crippen LogP) is 4.04. The number of pyridine rings is 2. The fraction of sp³-hybridized carbons (Fsp3) is 0.182. The summed E-state index contributed by atoms with van der Waals surface area (Å²) < 4.78 is 44.4. The second kappa shape index (κ2) is 7.05. The van der Waals surface area contributed by atoms with Crippen molar-refractivity contribution in [1.82, 2.24) is 13.9 Å². The minimum absolute atomic E-state index is 0.0262. The maximum absolute atomic E-state index is 14.0. The number of aromatic nitrogens is 2. The van der Waals surface area contributed by atoms with Crippen molar-refractivity contribution < 1.29 is 18.0 Å². The minimum Gasteiger partial charge on any atom is -0.335 e. The summed E-state index contributed by atoms with van der Waals surface area (Å²) in [6, 6.07) is 5.55. The standard InChI is InChI=1S/C22H18F3N3O2/c1-12(16-11-26(2)22(30)15-9-19(25)18(24)8-14(15)16)27(3)21(29)13-7-20-17(23)5-4-6-28(20)10-13/h4-12H,1-3H3/t12-/m1/s1. The highest BCUT2D eigenvalue weighted by Crippen LogP contribution is 2.28. The van der Waals surface area contributed by atoms with Crippen LogP contribution < -0.4 is 5.56 Å². The molecular formula is C22H18F3N3O2. The second-order valence-corrected chi connectivity index (χ2v) is 7.28. The van der Waals surface area contributed by atoms with Crippen LogP contribution in [0.15, 0.2) is 53.7 Å². The Hall–Kier alpha value is -3.55. The largest absolute Gasteiger partial charge is 0.335 e. The molecule has 0 saturated carbocycles. The lowest BCUT2D eigenvalue weighted by Gasteiger charge is -2.26. The Kier molecular flexibility index (Phi) is 4.64. The molecule has 0 saturated heterocycles. The van der Waals surface area contributed by atoms with Gasteiger partial charge in [0.2, 0.25) is 0 Å². The molecule has 0 unspecified atom stereocenters. The van der Waals surface area contributed by atoms with Crippen LogP contribution in [-0.4, -0.2) is 26.8 Å². The van der Waals surface area contributed by atoms with Gasteiger partial charge in [-0.15, -0.1) is 0 Å². The molecule has 8 heteroatoms. The predicted molar refractivity (Wildman–Crippen MR) is 107 cm³/mol. The van der Waals surface area contributed by atoms with E-state index in [0.29, 0.717) is 5.56 Å². The molecule has 4 aromatic rings. The maximum atomic E-state index is 14.0. The Morgan fingerprint density at radius 1 is 1.03 bits per heavy atom. The normalized spacial score (nSPS) is 12.5. The molecule has 0 fully saturated rings. The van der Waals surface area contributed by atoms with Crippen LogP contribution >= 0.6 is 0 Å². The number of carbonyl (C=O) groups is 1. The molecule has 1 atom stereocenters. The number of benzene rings is 1. The quantitative estimate of drug-likeness (QED) is 0.509. The molecule has 154 valence electrons. The van der Waals surface area contributed by atoms with Crippen molar-refractivity contribution in [1.29, 1.82) is 0 Å². The summed E-state index contributed by atoms with van der Waals surface area (Å²) in [7, 11) is 3.06. The van der Waals surface area contributed by atoms with Crippen LogP contribution in [0.3, 0.4) is 0 Å². The maximum Gasteiger partial charge on any atom is 0.258 e. The van der Waals surface area contributed by atoms with Gasteiger partial charge in [0.25, 0.3) is 11.5 Å². The van der Waals surface area contributed by atoms with Crippen molar-refractivity contribution in [2.75, 3.05) is 7.05 Å². The van der Waals surface area contributed by atoms with Crippen LogP contribution in [0.5, 0.6) is 0 Å². The van der Waals surface area contributed by atoms with E-state index in [4.69, 9.17) is 0 Å². The van der Waals surface area contributed by atoms with Crippen LogP contribution in [0, 0.1) is 17.5 Å². The third-order valence-corrected chi connectivity index (χ3v) is 5.44. The number of aryl methyl sites for hydroxylation is 1. The van der Waals surface area contributed by atoms with Gasteiger partial charge in [0.15, 0.2) is 11.6 Å². The molecule has 30 heavy (non-hydrogen) atoms. The monoisotopic (exact) mass is 413 g/mol. The van der Waals surface area contributed by atoms with E-state index in [1.807, 2.05) is 0 Å². The summed E-state index contributed by atoms with van der Waals surface area (Å²) in [6.45, 7) is 1.72. The van der Waals surface area contributed by atoms with E-state index in [1.165, 1.54) is 51.5 Å². The van der Waals surface area contributed by atoms with E-state index >= 15 is 0 Å². The fourth-order valence-corrected chi connectivity index (χ4v) is 3.63. The number of halogens is 3. The minimum atomic E-state index is -1.11. The zero-order valence-electron chi connectivity index (χ0n) is 16.5. The van der Waals surface area contributed by atoms with Crippen molar-refractivity contribution in [2.45, 2.75) is 13.0 Å². The molecule has 0 spiro atoms. The van der Waals surface area contributed by atoms with Gasteiger partial charge in [0.05, 0.1) is 22.5 Å². The van der Waals surface area contributed by atoms with Crippen molar-refractivity contribution in [3.63, 3.8) is 0 Å². The molecule has 4 rings (SSSR count). The van der Waals surface area contributed by atoms with Crippen molar-refractivity contribution >= 4 is 22.2 Å². The Bertz CT molecular complexity index is 1370. The highest BCUT2D eigenvalue weighted by molar-refractivity contribution is 5.96. The van der Waals surface area contributed by atoms with Crippen LogP contribution in [0.2, 0.25) is 0 Å². The first kappa shape index (κ1) is 19.8. The second-order valence-electron chi connectivity index (χ2n) is 7.28. The van der Waals surface area contributed by atoms with Crippen molar-refractivity contribution in [3.05, 3.63) is 87.9 Å². The number of hydrogen-bond donors (Lipinski definition) is 0. The zero-order valence-corrected chi connectivity index (χ0v) is 16.5. The smallest absolute Gasteiger partial charge is 0.258 e. The Morgan fingerprint density at radius 2 is 1.70 bits per heavy atom. The van der Waals surface area contributed by atoms with Crippen molar-refractivity contribution in [3.8, 4) is 0 Å². The molecule has 0 aliphatic carbocycles. The number of nitrogens with zero attached hydrogens (tertiary/aromatic N) is 3. The summed E-state index contributed by atoms with van der Waals surface area (Å²) in [4.78, 5) is 26.8. The lowest BCUT2D eigenvalue weighted by molar-refractivity contribution is 0.0743. The zero-order chi connectivity index (χ0) is 21.7. The van der Waals surface area contributed by atoms with Crippen LogP contribution in [0.1, 0.15) is 28.9 Å². The molecule has 0 bridgehead atoms. The first-order valence-electron chi connectivity index (χ1n) is 9.20. The van der Waals surface area contributed by atoms with Gasteiger partial charge in [-0.05, 0) is 48.2 Å². The molecule has 3 heterocycles. The molecular weight excluding hydrogens is 395 g/mol. The lowest BCUT2D eigenvalue weighted by atomic mass is 10.0. The molecule has 1 amide bonds. The van der Waals surface area contributed by atoms with E-state index in [9.17, 15) is 22.8 Å². The van der Waals surface area contributed by atoms with Gasteiger partial charge in [-0.25, -0.2) is 13.2 Å². The van der Waals surface area contributed by atoms with E-state index in [1.54, 1.807) is 20.2 Å². The number of fused-ring (bicyclic) bond motifs is 2. The van der Waals surface area contributed by atoms with Gasteiger partial charge in [-0.2, -0.15) is 0 Å². The van der Waals surface area contributed by atoms with Crippen LogP contribution in [-0.2, 0) is 7.05 Å². The first-order valence-corrected chi connectivity index (χ1v) is 9.20. The van der Waals surface area contributed by atoms with E-state index in [0.717, 1.165) is 12.1 Å². The third kappa shape index (κ3) is 3.04. The summed E-state index contributed by atoms with van der Waals surface area (Å²) in [5.41, 5.74) is 0.563. The third-order valence-electron chi connectivity index (χ3n) is 5.44. The SMILES string of the molecule is C[C@H](c1cn(C)c(=O)c2cc(F)c(F)cc12)N(C)C(=O)c1cc2c(F)cccn2c1. The highest BCUT2D eigenvalue weighted by atomic mass is 19.2. The first-order chi connectivity index (χ1) is 14.2. The Balaban J connectivity index is 1.79. The number of hydrogen-bond acceptors (Lipinski definition) is 2. The van der Waals surface area contributed by atoms with E-state index in [2.05, 4.69) is 0 Å². The summed E-state index contributed by atoms with van der Waals surface area (Å²) in [6.07, 6.45) is 4.67. The number of carbonyl (C=O) groups excluding carboxylic acids is 1. The number of amides is 1. The van der Waals surface area contributed by atoms with Gasteiger partial charge < -0.3 is 13.9 Å². The Labute approximate surface area is 169 Å². The average molecular weight is 413 g/mol. The topological polar surface area (TPSA) is 46.7 Å². The van der Waals surface area contributed by atoms with Crippen LogP contribution in [0.4, 0.5) is 13.2 Å². The lowest BCUT2D eigenvalue weighted by Crippen LogP contribution is -2.30. The van der Waals surface area contributed by atoms with Gasteiger partial charge in [-0.1, -0.05) is 0 Å². The highest BCUT2D eigenvalue weighted by Gasteiger charge is 2.24. The van der Waals surface area contributed by atoms with Crippen LogP contribution in [0.25, 0.3) is 16.3 Å². The molecule has 0 aliphatic heterocycles. The summed E-state index contributed by atoms with van der Waals surface area (Å²) >= 11 is 0. The molecule has 5 nitrogen and oxygen atoms in total. The van der Waals surface area contributed by atoms with E-state index < -0.39 is 29.1 Å². The average Bonchev–Trinajstić information content (AvgIpc) is 3.16. The van der Waals surface area contributed by atoms with Gasteiger partial charge in [-0.3, -0.25) is 9.59 Å². The van der Waals surface area contributed by atoms with Gasteiger partial charge >= 0.3 is 0 Å². The van der Waals surface area contributed by atoms with Gasteiger partial charge in [0.1, 0.15) is 5.82 Å². The fourth-order valence-electron chi connectivity index (χ4n) is 3.63. The molecule has 1 aromatic carbocycles. The molecule has 0 N–H and O–H groups in total. The Morgan fingerprint density at radius 3 is 2.37 bits per heavy atom. The van der Waals surface area contributed by atoms with Crippen molar-refractivity contribution in [2.24, 2.45) is 7.05 Å². The molecule has 0 radical (unpaired) electrons. The van der Waals surface area contributed by atoms with E-state index in [-0.39, 0.29) is 27.8 Å². The van der Waals surface area contributed by atoms with Gasteiger partial charge in [0, 0.05) is 32.7 Å². The molecule has 0 aliphatic rings. The summed E-state index contributed by atoms with van der Waals surface area (Å²) in [5, 5.41) is 0.260. The number of rotatable bonds is 3. The molecule has 3 aromatic heterocycles.